The van der Waals surface area contributed by atoms with Crippen molar-refractivity contribution in [1.29, 1.82) is 0 Å². The molecule has 0 saturated carbocycles. The molecule has 128 valence electrons. The molecule has 0 spiro atoms. The SMILES string of the molecule is COc1cc(C=C2N=C(c3cc(I)ccc3Cl)OC2=O)cc(OC)c1. The fourth-order valence-electron chi connectivity index (χ4n) is 2.26. The highest BCUT2D eigenvalue weighted by molar-refractivity contribution is 14.1. The lowest BCUT2D eigenvalue weighted by Crippen LogP contribution is -2.06. The number of nitrogens with zero attached hydrogens (tertiary/aromatic N) is 1. The summed E-state index contributed by atoms with van der Waals surface area (Å²) in [5, 5.41) is 0.469. The van der Waals surface area contributed by atoms with E-state index in [4.69, 9.17) is 25.8 Å². The first-order valence-corrected chi connectivity index (χ1v) is 8.67. The molecule has 1 aliphatic heterocycles. The average Bonchev–Trinajstić information content (AvgIpc) is 2.97. The molecule has 0 radical (unpaired) electrons. The quantitative estimate of drug-likeness (QED) is 0.380. The Hall–Kier alpha value is -2.06. The fourth-order valence-corrected chi connectivity index (χ4v) is 2.95. The number of rotatable bonds is 4. The van der Waals surface area contributed by atoms with Crippen molar-refractivity contribution in [3.05, 3.63) is 61.8 Å². The average molecular weight is 470 g/mol. The van der Waals surface area contributed by atoms with Gasteiger partial charge in [0.15, 0.2) is 5.70 Å². The van der Waals surface area contributed by atoms with Gasteiger partial charge in [-0.15, -0.1) is 0 Å². The van der Waals surface area contributed by atoms with Crippen LogP contribution in [0.4, 0.5) is 0 Å². The maximum atomic E-state index is 12.2. The van der Waals surface area contributed by atoms with Gasteiger partial charge in [0.2, 0.25) is 5.90 Å². The number of hydrogen-bond donors (Lipinski definition) is 0. The summed E-state index contributed by atoms with van der Waals surface area (Å²) >= 11 is 8.34. The van der Waals surface area contributed by atoms with E-state index in [-0.39, 0.29) is 11.6 Å². The zero-order chi connectivity index (χ0) is 18.0. The van der Waals surface area contributed by atoms with Crippen molar-refractivity contribution in [3.63, 3.8) is 0 Å². The van der Waals surface area contributed by atoms with E-state index >= 15 is 0 Å². The molecular weight excluding hydrogens is 457 g/mol. The van der Waals surface area contributed by atoms with E-state index in [0.29, 0.717) is 27.6 Å². The molecule has 0 fully saturated rings. The Balaban J connectivity index is 2.00. The van der Waals surface area contributed by atoms with Crippen molar-refractivity contribution in [2.45, 2.75) is 0 Å². The smallest absolute Gasteiger partial charge is 0.363 e. The third-order valence-electron chi connectivity index (χ3n) is 3.46. The Morgan fingerprint density at radius 2 is 1.80 bits per heavy atom. The summed E-state index contributed by atoms with van der Waals surface area (Å²) in [6.45, 7) is 0. The molecule has 0 atom stereocenters. The van der Waals surface area contributed by atoms with Crippen LogP contribution in [0.1, 0.15) is 11.1 Å². The molecule has 0 aromatic heterocycles. The van der Waals surface area contributed by atoms with Gasteiger partial charge in [0, 0.05) is 9.64 Å². The molecule has 7 heteroatoms. The Morgan fingerprint density at radius 1 is 1.12 bits per heavy atom. The summed E-state index contributed by atoms with van der Waals surface area (Å²) in [6.07, 6.45) is 1.61. The molecule has 2 aromatic carbocycles. The highest BCUT2D eigenvalue weighted by Gasteiger charge is 2.25. The summed E-state index contributed by atoms with van der Waals surface area (Å²) in [5.41, 5.74) is 1.47. The largest absolute Gasteiger partial charge is 0.497 e. The van der Waals surface area contributed by atoms with Crippen molar-refractivity contribution in [2.24, 2.45) is 4.99 Å². The van der Waals surface area contributed by atoms with Crippen molar-refractivity contribution in [2.75, 3.05) is 14.2 Å². The number of benzene rings is 2. The van der Waals surface area contributed by atoms with E-state index in [0.717, 1.165) is 3.57 Å². The molecule has 0 saturated heterocycles. The van der Waals surface area contributed by atoms with Crippen LogP contribution < -0.4 is 9.47 Å². The molecule has 0 amide bonds. The predicted molar refractivity (Wildman–Crippen MR) is 104 cm³/mol. The highest BCUT2D eigenvalue weighted by Crippen LogP contribution is 2.28. The lowest BCUT2D eigenvalue weighted by atomic mass is 10.1. The molecule has 1 heterocycles. The van der Waals surface area contributed by atoms with Crippen LogP contribution in [0, 0.1) is 3.57 Å². The van der Waals surface area contributed by atoms with Gasteiger partial charge in [-0.05, 0) is 64.6 Å². The zero-order valence-corrected chi connectivity index (χ0v) is 16.3. The van der Waals surface area contributed by atoms with Gasteiger partial charge in [0.05, 0.1) is 24.8 Å². The van der Waals surface area contributed by atoms with E-state index < -0.39 is 5.97 Å². The first-order chi connectivity index (χ1) is 12.0. The first-order valence-electron chi connectivity index (χ1n) is 7.21. The van der Waals surface area contributed by atoms with Gasteiger partial charge in [-0.1, -0.05) is 11.6 Å². The van der Waals surface area contributed by atoms with Gasteiger partial charge in [-0.2, -0.15) is 0 Å². The van der Waals surface area contributed by atoms with Crippen LogP contribution in [-0.2, 0) is 9.53 Å². The van der Waals surface area contributed by atoms with E-state index in [9.17, 15) is 4.79 Å². The van der Waals surface area contributed by atoms with Crippen molar-refractivity contribution < 1.29 is 19.0 Å². The third kappa shape index (κ3) is 3.96. The molecule has 0 aliphatic carbocycles. The summed E-state index contributed by atoms with van der Waals surface area (Å²) in [5.74, 6) is 0.881. The van der Waals surface area contributed by atoms with Gasteiger partial charge in [0.25, 0.3) is 0 Å². The van der Waals surface area contributed by atoms with Crippen LogP contribution in [0.5, 0.6) is 11.5 Å². The molecule has 0 bridgehead atoms. The first kappa shape index (κ1) is 17.8. The number of hydrogen-bond acceptors (Lipinski definition) is 5. The summed E-state index contributed by atoms with van der Waals surface area (Å²) in [6, 6.07) is 10.7. The molecular formula is C18H13ClINO4. The van der Waals surface area contributed by atoms with E-state index in [1.165, 1.54) is 0 Å². The predicted octanol–water partition coefficient (Wildman–Crippen LogP) is 4.31. The summed E-state index contributed by atoms with van der Waals surface area (Å²) < 4.78 is 16.7. The number of carbonyl (C=O) groups is 1. The zero-order valence-electron chi connectivity index (χ0n) is 13.4. The number of aliphatic imine (C=N–C) groups is 1. The van der Waals surface area contributed by atoms with Gasteiger partial charge < -0.3 is 14.2 Å². The number of cyclic esters (lactones) is 1. The third-order valence-corrected chi connectivity index (χ3v) is 4.46. The molecule has 25 heavy (non-hydrogen) atoms. The van der Waals surface area contributed by atoms with E-state index in [2.05, 4.69) is 27.6 Å². The number of halogens is 2. The van der Waals surface area contributed by atoms with Crippen LogP contribution in [0.15, 0.2) is 47.1 Å². The molecule has 3 rings (SSSR count). The minimum absolute atomic E-state index is 0.181. The maximum Gasteiger partial charge on any atom is 0.363 e. The monoisotopic (exact) mass is 469 g/mol. The minimum atomic E-state index is -0.535. The molecule has 0 N–H and O–H groups in total. The minimum Gasteiger partial charge on any atom is -0.497 e. The lowest BCUT2D eigenvalue weighted by Gasteiger charge is -2.05. The van der Waals surface area contributed by atoms with Crippen molar-refractivity contribution >= 4 is 52.1 Å². The Morgan fingerprint density at radius 3 is 2.44 bits per heavy atom. The second-order valence-electron chi connectivity index (χ2n) is 5.11. The standard InChI is InChI=1S/C18H13ClINO4/c1-23-12-5-10(6-13(9-12)24-2)7-16-18(22)25-17(21-16)14-8-11(20)3-4-15(14)19/h3-9H,1-2H3. The number of esters is 1. The Kier molecular flexibility index (Phi) is 5.29. The molecule has 5 nitrogen and oxygen atoms in total. The van der Waals surface area contributed by atoms with E-state index in [1.807, 2.05) is 12.1 Å². The Labute approximate surface area is 163 Å². The van der Waals surface area contributed by atoms with Gasteiger partial charge in [-0.25, -0.2) is 9.79 Å². The summed E-state index contributed by atoms with van der Waals surface area (Å²) in [4.78, 5) is 16.4. The van der Waals surface area contributed by atoms with Gasteiger partial charge in [0.1, 0.15) is 11.5 Å². The van der Waals surface area contributed by atoms with Crippen LogP contribution >= 0.6 is 34.2 Å². The van der Waals surface area contributed by atoms with Crippen molar-refractivity contribution in [1.82, 2.24) is 0 Å². The van der Waals surface area contributed by atoms with Crippen LogP contribution in [0.3, 0.4) is 0 Å². The van der Waals surface area contributed by atoms with Crippen LogP contribution in [0.25, 0.3) is 6.08 Å². The molecule has 2 aromatic rings. The van der Waals surface area contributed by atoms with Crippen LogP contribution in [-0.4, -0.2) is 26.1 Å². The van der Waals surface area contributed by atoms with Crippen LogP contribution in [0.2, 0.25) is 5.02 Å². The normalized spacial score (nSPS) is 15.1. The maximum absolute atomic E-state index is 12.2. The molecule has 1 aliphatic rings. The van der Waals surface area contributed by atoms with Crippen molar-refractivity contribution in [3.8, 4) is 11.5 Å². The topological polar surface area (TPSA) is 57.1 Å². The Bertz CT molecular complexity index is 886. The van der Waals surface area contributed by atoms with E-state index in [1.54, 1.807) is 44.6 Å². The summed E-state index contributed by atoms with van der Waals surface area (Å²) in [7, 11) is 3.12. The molecule has 0 unspecified atom stereocenters. The van der Waals surface area contributed by atoms with Gasteiger partial charge >= 0.3 is 5.97 Å². The number of methoxy groups -OCH3 is 2. The highest BCUT2D eigenvalue weighted by atomic mass is 127. The second-order valence-corrected chi connectivity index (χ2v) is 6.76. The second kappa shape index (κ2) is 7.45. The van der Waals surface area contributed by atoms with Gasteiger partial charge in [-0.3, -0.25) is 0 Å². The fraction of sp³-hybridized carbons (Fsp3) is 0.111. The number of ether oxygens (including phenoxy) is 3. The number of carbonyl (C=O) groups excluding carboxylic acids is 1. The lowest BCUT2D eigenvalue weighted by molar-refractivity contribution is -0.129.